The molecule has 2 rings (SSSR count). The van der Waals surface area contributed by atoms with E-state index >= 15 is 0 Å². The first-order valence-electron chi connectivity index (χ1n) is 8.98. The Labute approximate surface area is 149 Å². The number of nitrogens with zero attached hydrogens (tertiary/aromatic N) is 1. The van der Waals surface area contributed by atoms with Crippen LogP contribution in [-0.4, -0.2) is 42.5 Å². The van der Waals surface area contributed by atoms with Gasteiger partial charge in [0.2, 0.25) is 11.8 Å². The van der Waals surface area contributed by atoms with Gasteiger partial charge in [-0.15, -0.1) is 0 Å². The van der Waals surface area contributed by atoms with Gasteiger partial charge in [0.1, 0.15) is 17.5 Å². The number of rotatable bonds is 7. The van der Waals surface area contributed by atoms with E-state index in [0.29, 0.717) is 43.4 Å². The monoisotopic (exact) mass is 348 g/mol. The lowest BCUT2D eigenvalue weighted by atomic mass is 10.1. The van der Waals surface area contributed by atoms with E-state index in [1.807, 2.05) is 33.8 Å². The number of hydrogen-bond donors (Lipinski definition) is 1. The summed E-state index contributed by atoms with van der Waals surface area (Å²) in [6.45, 7) is 9.18. The van der Waals surface area contributed by atoms with E-state index in [4.69, 9.17) is 9.47 Å². The van der Waals surface area contributed by atoms with Gasteiger partial charge in [-0.05, 0) is 38.8 Å². The number of benzene rings is 1. The van der Waals surface area contributed by atoms with Gasteiger partial charge in [-0.3, -0.25) is 9.59 Å². The fourth-order valence-electron chi connectivity index (χ4n) is 3.00. The molecule has 6 heteroatoms. The van der Waals surface area contributed by atoms with Crippen molar-refractivity contribution in [2.75, 3.05) is 25.1 Å². The van der Waals surface area contributed by atoms with Crippen molar-refractivity contribution in [2.45, 2.75) is 46.6 Å². The Kier molecular flexibility index (Phi) is 6.67. The maximum atomic E-state index is 12.8. The highest BCUT2D eigenvalue weighted by Gasteiger charge is 2.35. The minimum absolute atomic E-state index is 0.0192. The third-order valence-electron chi connectivity index (χ3n) is 4.15. The summed E-state index contributed by atoms with van der Waals surface area (Å²) < 4.78 is 11.1. The van der Waals surface area contributed by atoms with E-state index in [1.54, 1.807) is 17.0 Å². The van der Waals surface area contributed by atoms with Crippen LogP contribution in [0.15, 0.2) is 18.2 Å². The van der Waals surface area contributed by atoms with Crippen LogP contribution in [0.1, 0.15) is 40.5 Å². The van der Waals surface area contributed by atoms with Gasteiger partial charge in [-0.1, -0.05) is 13.8 Å². The molecular formula is C19H28N2O4. The third kappa shape index (κ3) is 4.65. The zero-order valence-corrected chi connectivity index (χ0v) is 15.5. The number of carbonyl (C=O) groups excluding carboxylic acids is 2. The molecule has 1 N–H and O–H groups in total. The summed E-state index contributed by atoms with van der Waals surface area (Å²) in [7, 11) is 0. The Morgan fingerprint density at radius 3 is 2.60 bits per heavy atom. The lowest BCUT2D eigenvalue weighted by molar-refractivity contribution is -0.139. The number of likely N-dealkylation sites (tertiary alicyclic amines) is 1. The summed E-state index contributed by atoms with van der Waals surface area (Å²) in [5, 5.41) is 2.92. The van der Waals surface area contributed by atoms with Crippen molar-refractivity contribution < 1.29 is 19.1 Å². The van der Waals surface area contributed by atoms with Crippen LogP contribution < -0.4 is 14.8 Å². The highest BCUT2D eigenvalue weighted by atomic mass is 16.5. The zero-order valence-electron chi connectivity index (χ0n) is 15.5. The molecule has 25 heavy (non-hydrogen) atoms. The highest BCUT2D eigenvalue weighted by molar-refractivity contribution is 5.98. The van der Waals surface area contributed by atoms with Crippen molar-refractivity contribution in [3.63, 3.8) is 0 Å². The molecule has 0 spiro atoms. The second-order valence-electron chi connectivity index (χ2n) is 6.36. The Morgan fingerprint density at radius 1 is 1.24 bits per heavy atom. The summed E-state index contributed by atoms with van der Waals surface area (Å²) in [6.07, 6.45) is 1.52. The van der Waals surface area contributed by atoms with Crippen LogP contribution in [0.2, 0.25) is 0 Å². The topological polar surface area (TPSA) is 67.9 Å². The Balaban J connectivity index is 2.18. The van der Waals surface area contributed by atoms with Gasteiger partial charge in [0.05, 0.1) is 18.9 Å². The van der Waals surface area contributed by atoms with Crippen molar-refractivity contribution in [3.8, 4) is 11.5 Å². The molecule has 1 aromatic rings. The van der Waals surface area contributed by atoms with Crippen LogP contribution in [0.25, 0.3) is 0 Å². The van der Waals surface area contributed by atoms with E-state index in [2.05, 4.69) is 5.32 Å². The van der Waals surface area contributed by atoms with Crippen molar-refractivity contribution in [1.82, 2.24) is 4.90 Å². The number of ether oxygens (including phenoxy) is 2. The molecule has 1 heterocycles. The molecule has 0 saturated carbocycles. The molecule has 1 aliphatic rings. The normalized spacial score (nSPS) is 16.8. The number of hydrogen-bond acceptors (Lipinski definition) is 4. The first-order valence-corrected chi connectivity index (χ1v) is 8.98. The summed E-state index contributed by atoms with van der Waals surface area (Å²) in [6, 6.07) is 4.93. The number of amides is 2. The van der Waals surface area contributed by atoms with Crippen LogP contribution in [0.5, 0.6) is 11.5 Å². The molecule has 1 atom stereocenters. The summed E-state index contributed by atoms with van der Waals surface area (Å²) in [5.74, 6) is 0.988. The van der Waals surface area contributed by atoms with Gasteiger partial charge in [0.25, 0.3) is 0 Å². The predicted octanol–water partition coefficient (Wildman–Crippen LogP) is 3.07. The Bertz CT molecular complexity index is 615. The molecule has 6 nitrogen and oxygen atoms in total. The first-order chi connectivity index (χ1) is 12.0. The van der Waals surface area contributed by atoms with Crippen molar-refractivity contribution in [2.24, 2.45) is 5.92 Å². The van der Waals surface area contributed by atoms with Crippen molar-refractivity contribution in [3.05, 3.63) is 18.2 Å². The smallest absolute Gasteiger partial charge is 0.247 e. The maximum absolute atomic E-state index is 12.8. The van der Waals surface area contributed by atoms with E-state index < -0.39 is 6.04 Å². The molecule has 1 aromatic carbocycles. The molecule has 2 amide bonds. The van der Waals surface area contributed by atoms with Crippen molar-refractivity contribution >= 4 is 17.5 Å². The Hall–Kier alpha value is -2.24. The van der Waals surface area contributed by atoms with Crippen molar-refractivity contribution in [1.29, 1.82) is 0 Å². The van der Waals surface area contributed by atoms with Crippen LogP contribution in [0.3, 0.4) is 0 Å². The fourth-order valence-corrected chi connectivity index (χ4v) is 3.00. The highest BCUT2D eigenvalue weighted by Crippen LogP contribution is 2.30. The van der Waals surface area contributed by atoms with E-state index in [1.165, 1.54) is 0 Å². The molecule has 0 aromatic heterocycles. The van der Waals surface area contributed by atoms with E-state index in [9.17, 15) is 9.59 Å². The minimum atomic E-state index is -0.430. The standard InChI is InChI=1S/C19H28N2O4/c1-5-24-14-9-10-17(25-6-2)15(12-14)20-18(22)16-8-7-11-21(16)19(23)13(3)4/h9-10,12-13,16H,5-8,11H2,1-4H3,(H,20,22). The average molecular weight is 348 g/mol. The van der Waals surface area contributed by atoms with E-state index in [0.717, 1.165) is 6.42 Å². The molecule has 138 valence electrons. The lowest BCUT2D eigenvalue weighted by Gasteiger charge is -2.26. The van der Waals surface area contributed by atoms with Gasteiger partial charge in [0.15, 0.2) is 0 Å². The molecule has 0 radical (unpaired) electrons. The minimum Gasteiger partial charge on any atom is -0.494 e. The number of carbonyl (C=O) groups is 2. The number of anilines is 1. The van der Waals surface area contributed by atoms with Crippen LogP contribution >= 0.6 is 0 Å². The summed E-state index contributed by atoms with van der Waals surface area (Å²) in [5.41, 5.74) is 0.571. The quantitative estimate of drug-likeness (QED) is 0.822. The lowest BCUT2D eigenvalue weighted by Crippen LogP contribution is -2.44. The molecule has 1 saturated heterocycles. The fraction of sp³-hybridized carbons (Fsp3) is 0.579. The van der Waals surface area contributed by atoms with E-state index in [-0.39, 0.29) is 17.7 Å². The van der Waals surface area contributed by atoms with Gasteiger partial charge in [0, 0.05) is 18.5 Å². The molecule has 1 fully saturated rings. The number of nitrogens with one attached hydrogen (secondary N) is 1. The average Bonchev–Trinajstić information content (AvgIpc) is 3.06. The molecular weight excluding hydrogens is 320 g/mol. The summed E-state index contributed by atoms with van der Waals surface area (Å²) in [4.78, 5) is 26.8. The second-order valence-corrected chi connectivity index (χ2v) is 6.36. The van der Waals surface area contributed by atoms with Crippen LogP contribution in [0, 0.1) is 5.92 Å². The maximum Gasteiger partial charge on any atom is 0.247 e. The van der Waals surface area contributed by atoms with Gasteiger partial charge < -0.3 is 19.7 Å². The Morgan fingerprint density at radius 2 is 1.96 bits per heavy atom. The molecule has 0 aliphatic carbocycles. The first kappa shape index (κ1) is 19.1. The van der Waals surface area contributed by atoms with Crippen LogP contribution in [0.4, 0.5) is 5.69 Å². The third-order valence-corrected chi connectivity index (χ3v) is 4.15. The van der Waals surface area contributed by atoms with Gasteiger partial charge in [-0.2, -0.15) is 0 Å². The zero-order chi connectivity index (χ0) is 18.4. The van der Waals surface area contributed by atoms with Gasteiger partial charge >= 0.3 is 0 Å². The SMILES string of the molecule is CCOc1ccc(OCC)c(NC(=O)C2CCCN2C(=O)C(C)C)c1. The molecule has 1 unspecified atom stereocenters. The predicted molar refractivity (Wildman–Crippen MR) is 97.0 cm³/mol. The largest absolute Gasteiger partial charge is 0.494 e. The molecule has 0 bridgehead atoms. The second kappa shape index (κ2) is 8.74. The van der Waals surface area contributed by atoms with Gasteiger partial charge in [-0.25, -0.2) is 0 Å². The molecule has 1 aliphatic heterocycles. The summed E-state index contributed by atoms with van der Waals surface area (Å²) >= 11 is 0. The van der Waals surface area contributed by atoms with Crippen LogP contribution in [-0.2, 0) is 9.59 Å².